The zero-order valence-corrected chi connectivity index (χ0v) is 20.0. The molecule has 174 valence electrons. The van der Waals surface area contributed by atoms with Gasteiger partial charge in [0, 0.05) is 29.6 Å². The summed E-state index contributed by atoms with van der Waals surface area (Å²) in [5.74, 6) is -0.0538. The third-order valence-corrected chi connectivity index (χ3v) is 6.72. The Kier molecular flexibility index (Phi) is 8.12. The van der Waals surface area contributed by atoms with Gasteiger partial charge in [-0.3, -0.25) is 4.79 Å². The molecule has 32 heavy (non-hydrogen) atoms. The molecule has 0 fully saturated rings. The van der Waals surface area contributed by atoms with Crippen LogP contribution in [0.2, 0.25) is 0 Å². The molecule has 1 aromatic carbocycles. The Morgan fingerprint density at radius 3 is 2.78 bits per heavy atom. The first-order valence-corrected chi connectivity index (χ1v) is 12.0. The van der Waals surface area contributed by atoms with Gasteiger partial charge in [0.15, 0.2) is 0 Å². The lowest BCUT2D eigenvalue weighted by molar-refractivity contribution is -0.136. The molecule has 0 unspecified atom stereocenters. The van der Waals surface area contributed by atoms with E-state index in [2.05, 4.69) is 5.32 Å². The third kappa shape index (κ3) is 5.79. The molecule has 0 aliphatic carbocycles. The van der Waals surface area contributed by atoms with Gasteiger partial charge in [-0.1, -0.05) is 13.0 Å². The smallest absolute Gasteiger partial charge is 0.318 e. The fraction of sp³-hybridized carbons (Fsp3) is 0.500. The topological polar surface area (TPSA) is 61.9 Å². The number of carbonyl (C=O) groups excluding carboxylic acids is 2. The van der Waals surface area contributed by atoms with Crippen LogP contribution in [-0.2, 0) is 11.2 Å². The number of urea groups is 1. The van der Waals surface area contributed by atoms with Crippen LogP contribution in [0.3, 0.4) is 0 Å². The summed E-state index contributed by atoms with van der Waals surface area (Å²) in [7, 11) is 0. The monoisotopic (exact) mass is 461 g/mol. The van der Waals surface area contributed by atoms with Crippen LogP contribution < -0.4 is 10.1 Å². The number of benzene rings is 1. The Morgan fingerprint density at radius 1 is 1.31 bits per heavy atom. The molecule has 2 aromatic rings. The van der Waals surface area contributed by atoms with Crippen LogP contribution in [0.4, 0.5) is 9.18 Å². The highest BCUT2D eigenvalue weighted by Gasteiger charge is 2.34. The number of hydrogen-bond acceptors (Lipinski definition) is 4. The van der Waals surface area contributed by atoms with Crippen molar-refractivity contribution in [2.45, 2.75) is 58.7 Å². The predicted molar refractivity (Wildman–Crippen MR) is 124 cm³/mol. The minimum atomic E-state index is -0.365. The van der Waals surface area contributed by atoms with Crippen LogP contribution in [0, 0.1) is 5.82 Å². The molecule has 8 heteroatoms. The number of nitrogens with one attached hydrogen (secondary N) is 1. The largest absolute Gasteiger partial charge is 0.491 e. The van der Waals surface area contributed by atoms with Crippen LogP contribution in [0.1, 0.15) is 50.6 Å². The third-order valence-electron chi connectivity index (χ3n) is 5.72. The Morgan fingerprint density at radius 2 is 2.09 bits per heavy atom. The van der Waals surface area contributed by atoms with E-state index >= 15 is 0 Å². The molecule has 1 aliphatic rings. The van der Waals surface area contributed by atoms with Crippen molar-refractivity contribution in [1.82, 2.24) is 15.1 Å². The molecule has 0 spiro atoms. The van der Waals surface area contributed by atoms with Crippen molar-refractivity contribution in [1.29, 1.82) is 0 Å². The first kappa shape index (κ1) is 24.0. The van der Waals surface area contributed by atoms with Crippen molar-refractivity contribution >= 4 is 23.3 Å². The molecule has 1 aliphatic heterocycles. The fourth-order valence-electron chi connectivity index (χ4n) is 3.82. The lowest BCUT2D eigenvalue weighted by Gasteiger charge is -2.38. The lowest BCUT2D eigenvalue weighted by Crippen LogP contribution is -2.53. The lowest BCUT2D eigenvalue weighted by atomic mass is 10.00. The summed E-state index contributed by atoms with van der Waals surface area (Å²) in [6, 6.07) is 7.43. The van der Waals surface area contributed by atoms with E-state index in [0.29, 0.717) is 12.3 Å². The van der Waals surface area contributed by atoms with E-state index in [1.807, 2.05) is 39.1 Å². The molecule has 2 atom stereocenters. The van der Waals surface area contributed by atoms with Crippen molar-refractivity contribution in [2.24, 2.45) is 0 Å². The second kappa shape index (κ2) is 10.8. The van der Waals surface area contributed by atoms with Crippen LogP contribution in [0.5, 0.6) is 5.75 Å². The minimum absolute atomic E-state index is 0.00347. The van der Waals surface area contributed by atoms with Crippen molar-refractivity contribution in [2.75, 3.05) is 19.7 Å². The Labute approximate surface area is 193 Å². The average molecular weight is 462 g/mol. The summed E-state index contributed by atoms with van der Waals surface area (Å²) < 4.78 is 19.4. The maximum absolute atomic E-state index is 13.6. The van der Waals surface area contributed by atoms with Crippen LogP contribution in [-0.4, -0.2) is 53.5 Å². The maximum Gasteiger partial charge on any atom is 0.318 e. The summed E-state index contributed by atoms with van der Waals surface area (Å²) in [5, 5.41) is 4.92. The number of thiophene rings is 1. The van der Waals surface area contributed by atoms with Gasteiger partial charge in [0.2, 0.25) is 5.91 Å². The van der Waals surface area contributed by atoms with Crippen LogP contribution in [0.15, 0.2) is 35.7 Å². The highest BCUT2D eigenvalue weighted by Crippen LogP contribution is 2.34. The van der Waals surface area contributed by atoms with Gasteiger partial charge in [0.05, 0.1) is 6.04 Å². The zero-order chi connectivity index (χ0) is 23.3. The van der Waals surface area contributed by atoms with Gasteiger partial charge in [-0.15, -0.1) is 11.3 Å². The van der Waals surface area contributed by atoms with Gasteiger partial charge in [0.25, 0.3) is 0 Å². The average Bonchev–Trinajstić information content (AvgIpc) is 3.23. The maximum atomic E-state index is 13.6. The number of fused-ring (bicyclic) bond motifs is 1. The van der Waals surface area contributed by atoms with Crippen LogP contribution in [0.25, 0.3) is 0 Å². The highest BCUT2D eigenvalue weighted by molar-refractivity contribution is 7.10. The van der Waals surface area contributed by atoms with Crippen molar-refractivity contribution < 1.29 is 18.7 Å². The Bertz CT molecular complexity index is 933. The number of amides is 3. The highest BCUT2D eigenvalue weighted by atomic mass is 32.1. The quantitative estimate of drug-likeness (QED) is 0.625. The molecule has 3 amide bonds. The minimum Gasteiger partial charge on any atom is -0.491 e. The zero-order valence-electron chi connectivity index (χ0n) is 19.1. The Balaban J connectivity index is 1.78. The van der Waals surface area contributed by atoms with Gasteiger partial charge in [0.1, 0.15) is 24.7 Å². The Hall–Kier alpha value is -2.61. The number of rotatable bonds is 8. The fourth-order valence-corrected chi connectivity index (χ4v) is 4.75. The standard InChI is InChI=1S/C24H32FN3O3S/c1-5-17(4)28(24(30)26-16(2)3)14-23(29)27-11-9-22-20(10-12-32-22)21(27)15-31-19-8-6-7-18(25)13-19/h6-8,10,12-13,16-17,21H,5,9,11,14-15H2,1-4H3,(H,26,30)/t17-,21-/m1/s1. The van der Waals surface area contributed by atoms with Gasteiger partial charge in [-0.2, -0.15) is 0 Å². The number of nitrogens with zero attached hydrogens (tertiary/aromatic N) is 2. The van der Waals surface area contributed by atoms with Gasteiger partial charge >= 0.3 is 6.03 Å². The number of hydrogen-bond donors (Lipinski definition) is 1. The van der Waals surface area contributed by atoms with E-state index in [1.165, 1.54) is 17.0 Å². The van der Waals surface area contributed by atoms with Gasteiger partial charge < -0.3 is 19.9 Å². The summed E-state index contributed by atoms with van der Waals surface area (Å²) in [4.78, 5) is 30.8. The van der Waals surface area contributed by atoms with E-state index < -0.39 is 0 Å². The number of halogens is 1. The van der Waals surface area contributed by atoms with Crippen molar-refractivity contribution in [3.8, 4) is 5.75 Å². The van der Waals surface area contributed by atoms with E-state index in [1.54, 1.807) is 33.3 Å². The summed E-state index contributed by atoms with van der Waals surface area (Å²) in [5.41, 5.74) is 1.06. The van der Waals surface area contributed by atoms with Gasteiger partial charge in [-0.05, 0) is 62.8 Å². The van der Waals surface area contributed by atoms with E-state index in [-0.39, 0.29) is 49.0 Å². The molecular weight excluding hydrogens is 429 g/mol. The molecule has 0 radical (unpaired) electrons. The van der Waals surface area contributed by atoms with E-state index in [4.69, 9.17) is 4.74 Å². The van der Waals surface area contributed by atoms with Crippen molar-refractivity contribution in [3.05, 3.63) is 52.0 Å². The number of carbonyl (C=O) groups is 2. The summed E-state index contributed by atoms with van der Waals surface area (Å²) >= 11 is 1.67. The summed E-state index contributed by atoms with van der Waals surface area (Å²) in [6.45, 7) is 8.53. The second-order valence-electron chi connectivity index (χ2n) is 8.41. The second-order valence-corrected chi connectivity index (χ2v) is 9.41. The van der Waals surface area contributed by atoms with Crippen LogP contribution >= 0.6 is 11.3 Å². The molecule has 0 saturated heterocycles. The molecule has 1 aromatic heterocycles. The first-order chi connectivity index (χ1) is 15.3. The molecule has 6 nitrogen and oxygen atoms in total. The van der Waals surface area contributed by atoms with Crippen molar-refractivity contribution in [3.63, 3.8) is 0 Å². The normalized spacial score (nSPS) is 16.4. The molecular formula is C24H32FN3O3S. The van der Waals surface area contributed by atoms with E-state index in [0.717, 1.165) is 18.4 Å². The predicted octanol–water partition coefficient (Wildman–Crippen LogP) is 4.61. The SMILES string of the molecule is CC[C@@H](C)N(CC(=O)N1CCc2sccc2[C@H]1COc1cccc(F)c1)C(=O)NC(C)C. The van der Waals surface area contributed by atoms with E-state index in [9.17, 15) is 14.0 Å². The van der Waals surface area contributed by atoms with Gasteiger partial charge in [-0.25, -0.2) is 9.18 Å². The molecule has 0 saturated carbocycles. The molecule has 1 N–H and O–H groups in total. The number of ether oxygens (including phenoxy) is 1. The molecule has 2 heterocycles. The first-order valence-electron chi connectivity index (χ1n) is 11.1. The summed E-state index contributed by atoms with van der Waals surface area (Å²) in [6.07, 6.45) is 1.52. The molecule has 0 bridgehead atoms. The molecule has 3 rings (SSSR count).